The van der Waals surface area contributed by atoms with Gasteiger partial charge in [-0.2, -0.15) is 21.6 Å². The third-order valence-electron chi connectivity index (χ3n) is 2.74. The zero-order valence-electron chi connectivity index (χ0n) is 11.1. The number of halogens is 3. The lowest BCUT2D eigenvalue weighted by atomic mass is 10.1. The molecule has 0 amide bonds. The van der Waals surface area contributed by atoms with Crippen LogP contribution in [0.1, 0.15) is 0 Å². The van der Waals surface area contributed by atoms with Crippen LogP contribution in [-0.4, -0.2) is 26.4 Å². The summed E-state index contributed by atoms with van der Waals surface area (Å²) in [6.07, 6.45) is 3.93. The summed E-state index contributed by atoms with van der Waals surface area (Å²) in [5, 5.41) is 1.49. The second kappa shape index (κ2) is 5.42. The fourth-order valence-corrected chi connectivity index (χ4v) is 3.22. The van der Waals surface area contributed by atoms with Crippen LogP contribution in [0.3, 0.4) is 0 Å². The second-order valence-corrected chi connectivity index (χ2v) is 8.05. The molecule has 0 spiro atoms. The SMILES string of the molecule is C[S+](C)c1cccc2ccc(OS(=O)(=O)C(F)(F)F)cc12. The zero-order valence-corrected chi connectivity index (χ0v) is 12.8. The van der Waals surface area contributed by atoms with Gasteiger partial charge >= 0.3 is 15.6 Å². The van der Waals surface area contributed by atoms with E-state index in [0.717, 1.165) is 10.3 Å². The molecule has 8 heteroatoms. The lowest BCUT2D eigenvalue weighted by Gasteiger charge is -2.10. The van der Waals surface area contributed by atoms with Gasteiger partial charge in [0.2, 0.25) is 0 Å². The van der Waals surface area contributed by atoms with Crippen molar-refractivity contribution in [3.05, 3.63) is 36.4 Å². The number of fused-ring (bicyclic) bond motifs is 1. The summed E-state index contributed by atoms with van der Waals surface area (Å²) in [6.45, 7) is 0. The highest BCUT2D eigenvalue weighted by Crippen LogP contribution is 2.31. The minimum absolute atomic E-state index is 0.129. The predicted octanol–water partition coefficient (Wildman–Crippen LogP) is 3.31. The topological polar surface area (TPSA) is 43.4 Å². The molecule has 0 aliphatic carbocycles. The van der Waals surface area contributed by atoms with Crippen molar-refractivity contribution in [2.75, 3.05) is 12.5 Å². The van der Waals surface area contributed by atoms with Gasteiger partial charge in [-0.3, -0.25) is 0 Å². The van der Waals surface area contributed by atoms with Gasteiger partial charge in [0, 0.05) is 16.3 Å². The Kier molecular flexibility index (Phi) is 4.12. The number of hydrogen-bond donors (Lipinski definition) is 0. The molecular weight excluding hydrogens is 325 g/mol. The van der Waals surface area contributed by atoms with Crippen LogP contribution in [0, 0.1) is 0 Å². The minimum Gasteiger partial charge on any atom is -0.376 e. The fourth-order valence-electron chi connectivity index (χ4n) is 1.80. The Bertz CT molecular complexity index is 768. The molecule has 0 fully saturated rings. The van der Waals surface area contributed by atoms with E-state index in [2.05, 4.69) is 4.18 Å². The van der Waals surface area contributed by atoms with Crippen molar-refractivity contribution in [2.24, 2.45) is 0 Å². The predicted molar refractivity (Wildman–Crippen MR) is 77.0 cm³/mol. The van der Waals surface area contributed by atoms with E-state index in [0.29, 0.717) is 5.39 Å². The molecule has 2 aromatic carbocycles. The molecule has 0 aliphatic rings. The third-order valence-corrected chi connectivity index (χ3v) is 4.96. The van der Waals surface area contributed by atoms with Gasteiger partial charge in [-0.1, -0.05) is 18.2 Å². The first-order valence-electron chi connectivity index (χ1n) is 5.73. The quantitative estimate of drug-likeness (QED) is 0.490. The highest BCUT2D eigenvalue weighted by molar-refractivity contribution is 7.95. The molecule has 0 unspecified atom stereocenters. The average Bonchev–Trinajstić information content (AvgIpc) is 2.35. The normalized spacial score (nSPS) is 12.9. The summed E-state index contributed by atoms with van der Waals surface area (Å²) in [6, 6.07) is 9.56. The van der Waals surface area contributed by atoms with Crippen LogP contribution in [0.2, 0.25) is 0 Å². The molecular formula is C13H12F3O3S2+. The lowest BCUT2D eigenvalue weighted by Crippen LogP contribution is -2.28. The first kappa shape index (κ1) is 16.0. The number of benzene rings is 2. The first-order valence-corrected chi connectivity index (χ1v) is 9.18. The van der Waals surface area contributed by atoms with E-state index in [9.17, 15) is 21.6 Å². The standard InChI is InChI=1S/C13H12F3O3S2/c1-20(2)12-5-3-4-9-6-7-10(8-11(9)12)19-21(17,18)13(14,15)16/h3-8H,1-2H3/q+1. The maximum atomic E-state index is 12.3. The molecule has 114 valence electrons. The second-order valence-electron chi connectivity index (χ2n) is 4.44. The minimum atomic E-state index is -5.65. The van der Waals surface area contributed by atoms with Crippen LogP contribution < -0.4 is 4.18 Å². The molecule has 0 aliphatic heterocycles. The lowest BCUT2D eigenvalue weighted by molar-refractivity contribution is -0.0500. The molecule has 0 atom stereocenters. The Balaban J connectivity index is 2.51. The summed E-state index contributed by atoms with van der Waals surface area (Å²) in [5.41, 5.74) is -5.44. The van der Waals surface area contributed by atoms with Gasteiger partial charge in [0.15, 0.2) is 4.90 Å². The first-order chi connectivity index (χ1) is 9.62. The summed E-state index contributed by atoms with van der Waals surface area (Å²) in [5.74, 6) is -0.349. The third kappa shape index (κ3) is 3.26. The van der Waals surface area contributed by atoms with Crippen LogP contribution in [0.25, 0.3) is 10.8 Å². The largest absolute Gasteiger partial charge is 0.534 e. The molecule has 2 aromatic rings. The van der Waals surface area contributed by atoms with E-state index >= 15 is 0 Å². The van der Waals surface area contributed by atoms with Gasteiger partial charge in [-0.25, -0.2) is 0 Å². The van der Waals surface area contributed by atoms with E-state index in [1.807, 2.05) is 24.6 Å². The van der Waals surface area contributed by atoms with Gasteiger partial charge in [0.1, 0.15) is 18.3 Å². The van der Waals surface area contributed by atoms with Crippen molar-refractivity contribution in [1.82, 2.24) is 0 Å². The Morgan fingerprint density at radius 2 is 1.76 bits per heavy atom. The van der Waals surface area contributed by atoms with Crippen molar-refractivity contribution in [3.8, 4) is 5.75 Å². The Labute approximate surface area is 123 Å². The number of hydrogen-bond acceptors (Lipinski definition) is 3. The highest BCUT2D eigenvalue weighted by atomic mass is 32.2. The van der Waals surface area contributed by atoms with Crippen molar-refractivity contribution >= 4 is 31.8 Å². The van der Waals surface area contributed by atoms with E-state index < -0.39 is 15.6 Å². The molecule has 0 aromatic heterocycles. The van der Waals surface area contributed by atoms with Crippen LogP contribution in [0.15, 0.2) is 41.3 Å². The van der Waals surface area contributed by atoms with Crippen LogP contribution >= 0.6 is 0 Å². The fraction of sp³-hybridized carbons (Fsp3) is 0.231. The summed E-state index contributed by atoms with van der Waals surface area (Å²) in [4.78, 5) is 0.933. The smallest absolute Gasteiger partial charge is 0.376 e. The molecule has 2 rings (SSSR count). The Hall–Kier alpha value is -1.41. The molecule has 0 radical (unpaired) electrons. The van der Waals surface area contributed by atoms with Crippen molar-refractivity contribution in [3.63, 3.8) is 0 Å². The van der Waals surface area contributed by atoms with E-state index in [1.54, 1.807) is 6.07 Å². The number of rotatable bonds is 3. The Morgan fingerprint density at radius 1 is 1.10 bits per heavy atom. The van der Waals surface area contributed by atoms with Gasteiger partial charge in [-0.05, 0) is 23.6 Å². The van der Waals surface area contributed by atoms with Crippen molar-refractivity contribution in [2.45, 2.75) is 10.4 Å². The molecule has 3 nitrogen and oxygen atoms in total. The van der Waals surface area contributed by atoms with Gasteiger partial charge < -0.3 is 4.18 Å². The van der Waals surface area contributed by atoms with E-state index in [-0.39, 0.29) is 16.6 Å². The zero-order chi connectivity index (χ0) is 15.8. The van der Waals surface area contributed by atoms with Gasteiger partial charge in [0.25, 0.3) is 0 Å². The summed E-state index contributed by atoms with van der Waals surface area (Å²) >= 11 is 0. The Morgan fingerprint density at radius 3 is 2.33 bits per heavy atom. The summed E-state index contributed by atoms with van der Waals surface area (Å²) in [7, 11) is -5.78. The van der Waals surface area contributed by atoms with Crippen LogP contribution in [0.4, 0.5) is 13.2 Å². The highest BCUT2D eigenvalue weighted by Gasteiger charge is 2.48. The maximum absolute atomic E-state index is 12.3. The maximum Gasteiger partial charge on any atom is 0.534 e. The molecule has 21 heavy (non-hydrogen) atoms. The molecule has 0 saturated carbocycles. The van der Waals surface area contributed by atoms with Gasteiger partial charge in [0.05, 0.1) is 0 Å². The average molecular weight is 337 g/mol. The molecule has 0 saturated heterocycles. The monoisotopic (exact) mass is 337 g/mol. The summed E-state index contributed by atoms with van der Waals surface area (Å²) < 4.78 is 63.2. The molecule has 0 heterocycles. The van der Waals surface area contributed by atoms with E-state index in [1.165, 1.54) is 18.2 Å². The molecule has 0 N–H and O–H groups in total. The van der Waals surface area contributed by atoms with E-state index in [4.69, 9.17) is 0 Å². The van der Waals surface area contributed by atoms with Crippen molar-refractivity contribution < 1.29 is 25.8 Å². The van der Waals surface area contributed by atoms with Crippen LogP contribution in [0.5, 0.6) is 5.75 Å². The number of alkyl halides is 3. The van der Waals surface area contributed by atoms with Crippen molar-refractivity contribution in [1.29, 1.82) is 0 Å². The van der Waals surface area contributed by atoms with Crippen LogP contribution in [-0.2, 0) is 21.0 Å². The van der Waals surface area contributed by atoms with Gasteiger partial charge in [-0.15, -0.1) is 0 Å². The molecule has 0 bridgehead atoms.